The van der Waals surface area contributed by atoms with Crippen molar-refractivity contribution in [3.05, 3.63) is 52.5 Å². The number of aromatic nitrogens is 2. The number of hydrogen-bond acceptors (Lipinski definition) is 4. The van der Waals surface area contributed by atoms with E-state index in [0.29, 0.717) is 5.82 Å². The Bertz CT molecular complexity index is 587. The maximum absolute atomic E-state index is 6.07. The van der Waals surface area contributed by atoms with E-state index in [2.05, 4.69) is 40.4 Å². The third-order valence-corrected chi connectivity index (χ3v) is 3.24. The van der Waals surface area contributed by atoms with E-state index in [1.54, 1.807) is 6.20 Å². The predicted molar refractivity (Wildman–Crippen MR) is 82.6 cm³/mol. The molecular formula is C16H22N4. The Morgan fingerprint density at radius 2 is 1.80 bits per heavy atom. The molecule has 0 aliphatic carbocycles. The van der Waals surface area contributed by atoms with E-state index in [1.807, 2.05) is 20.8 Å². The van der Waals surface area contributed by atoms with Crippen LogP contribution < -0.4 is 11.1 Å². The fraction of sp³-hybridized carbons (Fsp3) is 0.375. The minimum absolute atomic E-state index is 0.0489. The Morgan fingerprint density at radius 1 is 1.15 bits per heavy atom. The van der Waals surface area contributed by atoms with E-state index in [4.69, 9.17) is 5.73 Å². The predicted octanol–water partition coefficient (Wildman–Crippen LogP) is 2.68. The Kier molecular flexibility index (Phi) is 4.35. The van der Waals surface area contributed by atoms with Gasteiger partial charge in [0.05, 0.1) is 6.04 Å². The zero-order valence-corrected chi connectivity index (χ0v) is 12.6. The van der Waals surface area contributed by atoms with Crippen molar-refractivity contribution in [1.29, 1.82) is 0 Å². The van der Waals surface area contributed by atoms with Gasteiger partial charge >= 0.3 is 0 Å². The topological polar surface area (TPSA) is 63.8 Å². The van der Waals surface area contributed by atoms with Crippen LogP contribution in [0.25, 0.3) is 0 Å². The first-order valence-corrected chi connectivity index (χ1v) is 6.92. The molecule has 0 spiro atoms. The molecule has 20 heavy (non-hydrogen) atoms. The molecule has 0 radical (unpaired) electrons. The fourth-order valence-electron chi connectivity index (χ4n) is 2.48. The fourth-order valence-corrected chi connectivity index (χ4v) is 2.48. The highest BCUT2D eigenvalue weighted by Crippen LogP contribution is 2.27. The smallest absolute Gasteiger partial charge is 0.128 e. The lowest BCUT2D eigenvalue weighted by Gasteiger charge is -2.21. The van der Waals surface area contributed by atoms with E-state index in [-0.39, 0.29) is 6.04 Å². The minimum atomic E-state index is 0.0489. The van der Waals surface area contributed by atoms with E-state index in [9.17, 15) is 0 Å². The molecule has 0 saturated carbocycles. The highest BCUT2D eigenvalue weighted by atomic mass is 14.9. The molecule has 0 fully saturated rings. The summed E-state index contributed by atoms with van der Waals surface area (Å²) in [6, 6.07) is 6.35. The van der Waals surface area contributed by atoms with Gasteiger partial charge < -0.3 is 11.1 Å². The number of nitrogens with zero attached hydrogens (tertiary/aromatic N) is 2. The molecule has 0 saturated heterocycles. The average Bonchev–Trinajstić information content (AvgIpc) is 2.38. The van der Waals surface area contributed by atoms with Crippen molar-refractivity contribution in [1.82, 2.24) is 15.3 Å². The van der Waals surface area contributed by atoms with Crippen molar-refractivity contribution in [3.63, 3.8) is 0 Å². The molecule has 0 aliphatic heterocycles. The summed E-state index contributed by atoms with van der Waals surface area (Å²) in [6.45, 7) is 9.00. The van der Waals surface area contributed by atoms with Crippen LogP contribution in [0.15, 0.2) is 24.4 Å². The first kappa shape index (κ1) is 14.5. The highest BCUT2D eigenvalue weighted by molar-refractivity contribution is 5.47. The van der Waals surface area contributed by atoms with E-state index >= 15 is 0 Å². The summed E-state index contributed by atoms with van der Waals surface area (Å²) in [5.74, 6) is 0.577. The molecule has 0 amide bonds. The van der Waals surface area contributed by atoms with E-state index in [0.717, 1.165) is 29.1 Å². The number of rotatable bonds is 4. The van der Waals surface area contributed by atoms with Gasteiger partial charge in [-0.3, -0.25) is 4.98 Å². The van der Waals surface area contributed by atoms with Gasteiger partial charge in [-0.2, -0.15) is 0 Å². The van der Waals surface area contributed by atoms with Crippen molar-refractivity contribution in [2.45, 2.75) is 33.7 Å². The molecule has 4 heteroatoms. The molecule has 0 aromatic carbocycles. The summed E-state index contributed by atoms with van der Waals surface area (Å²) < 4.78 is 0. The molecule has 2 rings (SSSR count). The van der Waals surface area contributed by atoms with Crippen LogP contribution in [-0.4, -0.2) is 16.5 Å². The lowest BCUT2D eigenvalue weighted by Crippen LogP contribution is -2.24. The van der Waals surface area contributed by atoms with Gasteiger partial charge in [0.15, 0.2) is 0 Å². The SMILES string of the molecule is CCNC(c1cc(C)nc(C)c1)c1cc(C)cnc1N. The molecule has 106 valence electrons. The second-order valence-electron chi connectivity index (χ2n) is 5.16. The molecule has 3 N–H and O–H groups in total. The zero-order chi connectivity index (χ0) is 14.7. The maximum atomic E-state index is 6.07. The van der Waals surface area contributed by atoms with Crippen molar-refractivity contribution in [3.8, 4) is 0 Å². The monoisotopic (exact) mass is 270 g/mol. The second kappa shape index (κ2) is 6.01. The maximum Gasteiger partial charge on any atom is 0.128 e. The zero-order valence-electron chi connectivity index (χ0n) is 12.6. The number of nitrogens with one attached hydrogen (secondary N) is 1. The molecule has 2 aromatic heterocycles. The quantitative estimate of drug-likeness (QED) is 0.896. The summed E-state index contributed by atoms with van der Waals surface area (Å²) in [5.41, 5.74) is 11.4. The van der Waals surface area contributed by atoms with Gasteiger partial charge in [-0.1, -0.05) is 6.92 Å². The molecule has 4 nitrogen and oxygen atoms in total. The summed E-state index contributed by atoms with van der Waals surface area (Å²) in [7, 11) is 0. The van der Waals surface area contributed by atoms with Crippen molar-refractivity contribution in [2.75, 3.05) is 12.3 Å². The van der Waals surface area contributed by atoms with Crippen LogP contribution in [0.3, 0.4) is 0 Å². The molecule has 2 heterocycles. The van der Waals surface area contributed by atoms with Crippen molar-refractivity contribution < 1.29 is 0 Å². The Hall–Kier alpha value is -1.94. The van der Waals surface area contributed by atoms with Crippen LogP contribution in [-0.2, 0) is 0 Å². The van der Waals surface area contributed by atoms with Crippen LogP contribution in [0.2, 0.25) is 0 Å². The number of anilines is 1. The second-order valence-corrected chi connectivity index (χ2v) is 5.16. The first-order chi connectivity index (χ1) is 9.51. The molecule has 0 aliphatic rings. The van der Waals surface area contributed by atoms with Gasteiger partial charge in [0.25, 0.3) is 0 Å². The van der Waals surface area contributed by atoms with Gasteiger partial charge in [-0.25, -0.2) is 4.98 Å². The van der Waals surface area contributed by atoms with E-state index < -0.39 is 0 Å². The lowest BCUT2D eigenvalue weighted by atomic mass is 9.97. The van der Waals surface area contributed by atoms with E-state index in [1.165, 1.54) is 5.56 Å². The summed E-state index contributed by atoms with van der Waals surface area (Å²) in [6.07, 6.45) is 1.80. The largest absolute Gasteiger partial charge is 0.383 e. The summed E-state index contributed by atoms with van der Waals surface area (Å²) in [5, 5.41) is 3.49. The number of nitrogen functional groups attached to an aromatic ring is 1. The van der Waals surface area contributed by atoms with Crippen LogP contribution in [0, 0.1) is 20.8 Å². The summed E-state index contributed by atoms with van der Waals surface area (Å²) >= 11 is 0. The van der Waals surface area contributed by atoms with Crippen LogP contribution in [0.5, 0.6) is 0 Å². The van der Waals surface area contributed by atoms with Gasteiger partial charge in [0.1, 0.15) is 5.82 Å². The van der Waals surface area contributed by atoms with Gasteiger partial charge in [0.2, 0.25) is 0 Å². The number of aryl methyl sites for hydroxylation is 3. The first-order valence-electron chi connectivity index (χ1n) is 6.92. The molecule has 1 atom stereocenters. The van der Waals surface area contributed by atoms with Crippen LogP contribution in [0.4, 0.5) is 5.82 Å². The third-order valence-electron chi connectivity index (χ3n) is 3.24. The Morgan fingerprint density at radius 3 is 2.40 bits per heavy atom. The van der Waals surface area contributed by atoms with Gasteiger partial charge in [0, 0.05) is 23.1 Å². The van der Waals surface area contributed by atoms with Gasteiger partial charge in [-0.05, 0) is 56.6 Å². The van der Waals surface area contributed by atoms with Crippen molar-refractivity contribution in [2.24, 2.45) is 0 Å². The molecule has 1 unspecified atom stereocenters. The standard InChI is InChI=1S/C16H22N4/c1-5-18-15(13-7-11(3)20-12(4)8-13)14-6-10(2)9-19-16(14)17/h6-9,15,18H,5H2,1-4H3,(H2,17,19). The lowest BCUT2D eigenvalue weighted by molar-refractivity contribution is 0.628. The normalized spacial score (nSPS) is 12.4. The third kappa shape index (κ3) is 3.14. The Balaban J connectivity index is 2.52. The van der Waals surface area contributed by atoms with Crippen LogP contribution >= 0.6 is 0 Å². The van der Waals surface area contributed by atoms with Crippen LogP contribution in [0.1, 0.15) is 41.0 Å². The Labute approximate surface area is 120 Å². The molecule has 0 bridgehead atoms. The highest BCUT2D eigenvalue weighted by Gasteiger charge is 2.17. The average molecular weight is 270 g/mol. The molecular weight excluding hydrogens is 248 g/mol. The summed E-state index contributed by atoms with van der Waals surface area (Å²) in [4.78, 5) is 8.71. The minimum Gasteiger partial charge on any atom is -0.383 e. The van der Waals surface area contributed by atoms with Crippen molar-refractivity contribution >= 4 is 5.82 Å². The number of hydrogen-bond donors (Lipinski definition) is 2. The van der Waals surface area contributed by atoms with Gasteiger partial charge in [-0.15, -0.1) is 0 Å². The number of nitrogens with two attached hydrogens (primary N) is 1. The number of pyridine rings is 2. The molecule has 2 aromatic rings.